The summed E-state index contributed by atoms with van der Waals surface area (Å²) in [5, 5.41) is 3.32. The second-order valence-corrected chi connectivity index (χ2v) is 2.87. The summed E-state index contributed by atoms with van der Waals surface area (Å²) in [5.41, 5.74) is 5.08. The Kier molecular flexibility index (Phi) is 0.737. The van der Waals surface area contributed by atoms with Gasteiger partial charge in [-0.3, -0.25) is 0 Å². The third-order valence-electron chi connectivity index (χ3n) is 2.16. The summed E-state index contributed by atoms with van der Waals surface area (Å²) in [6, 6.07) is 12.8. The molecule has 4 bridgehead atoms. The summed E-state index contributed by atoms with van der Waals surface area (Å²) >= 11 is 0. The van der Waals surface area contributed by atoms with Crippen molar-refractivity contribution in [3.05, 3.63) is 36.4 Å². The van der Waals surface area contributed by atoms with Gasteiger partial charge in [0, 0.05) is 16.9 Å². The lowest BCUT2D eigenvalue weighted by Crippen LogP contribution is -1.90. The Morgan fingerprint density at radius 1 is 1.00 bits per heavy atom. The molecule has 0 aromatic carbocycles. The van der Waals surface area contributed by atoms with Crippen LogP contribution in [0.25, 0.3) is 11.1 Å². The van der Waals surface area contributed by atoms with Crippen molar-refractivity contribution in [3.63, 3.8) is 0 Å². The molecule has 0 saturated carbocycles. The molecule has 0 spiro atoms. The van der Waals surface area contributed by atoms with Crippen LogP contribution in [-0.4, -0.2) is 0 Å². The first kappa shape index (κ1) is 5.19. The van der Waals surface area contributed by atoms with Crippen LogP contribution in [0, 0.1) is 0 Å². The molecule has 52 valence electrons. The number of hydrogen-bond donors (Lipinski definition) is 1. The highest BCUT2D eigenvalue weighted by molar-refractivity contribution is 5.89. The minimum absolute atomic E-state index is 1.19. The average molecular weight is 141 g/mol. The summed E-state index contributed by atoms with van der Waals surface area (Å²) in [4.78, 5) is 0. The van der Waals surface area contributed by atoms with Gasteiger partial charge in [-0.05, 0) is 23.8 Å². The fourth-order valence-electron chi connectivity index (χ4n) is 1.63. The lowest BCUT2D eigenvalue weighted by atomic mass is 10.1. The molecule has 0 unspecified atom stereocenters. The van der Waals surface area contributed by atoms with E-state index < -0.39 is 0 Å². The van der Waals surface area contributed by atoms with Crippen molar-refractivity contribution in [1.82, 2.24) is 0 Å². The van der Waals surface area contributed by atoms with Crippen LogP contribution < -0.4 is 5.32 Å². The molecule has 0 amide bonds. The largest absolute Gasteiger partial charge is 0.355 e. The monoisotopic (exact) mass is 141 g/mol. The van der Waals surface area contributed by atoms with Gasteiger partial charge in [-0.1, -0.05) is 18.2 Å². The lowest BCUT2D eigenvalue weighted by Gasteiger charge is -2.08. The van der Waals surface area contributed by atoms with E-state index in [2.05, 4.69) is 41.7 Å². The van der Waals surface area contributed by atoms with Gasteiger partial charge >= 0.3 is 0 Å². The molecule has 1 N–H and O–H groups in total. The van der Waals surface area contributed by atoms with Gasteiger partial charge in [-0.25, -0.2) is 0 Å². The molecule has 0 radical (unpaired) electrons. The summed E-state index contributed by atoms with van der Waals surface area (Å²) < 4.78 is 0. The van der Waals surface area contributed by atoms with Crippen molar-refractivity contribution in [2.75, 3.05) is 5.32 Å². The van der Waals surface area contributed by atoms with Crippen LogP contribution in [0.4, 0.5) is 11.4 Å². The zero-order chi connectivity index (χ0) is 7.26. The zero-order valence-electron chi connectivity index (χ0n) is 5.96. The predicted octanol–water partition coefficient (Wildman–Crippen LogP) is 2.85. The van der Waals surface area contributed by atoms with Crippen molar-refractivity contribution in [3.8, 4) is 11.1 Å². The highest BCUT2D eigenvalue weighted by Gasteiger charge is 2.12. The van der Waals surface area contributed by atoms with E-state index in [1.165, 1.54) is 22.5 Å². The van der Waals surface area contributed by atoms with E-state index in [-0.39, 0.29) is 0 Å². The first-order valence-corrected chi connectivity index (χ1v) is 3.73. The van der Waals surface area contributed by atoms with Crippen LogP contribution in [-0.2, 0) is 0 Å². The Bertz CT molecular complexity index is 392. The van der Waals surface area contributed by atoms with Crippen LogP contribution in [0.1, 0.15) is 0 Å². The van der Waals surface area contributed by atoms with Crippen LogP contribution in [0.3, 0.4) is 0 Å². The topological polar surface area (TPSA) is 12.0 Å². The molecule has 2 aliphatic carbocycles. The van der Waals surface area contributed by atoms with Crippen LogP contribution in [0.2, 0.25) is 0 Å². The molecule has 0 atom stereocenters. The normalized spacial score (nSPS) is 12.4. The lowest BCUT2D eigenvalue weighted by molar-refractivity contribution is 1.62. The Morgan fingerprint density at radius 3 is 2.91 bits per heavy atom. The fourth-order valence-corrected chi connectivity index (χ4v) is 1.63. The summed E-state index contributed by atoms with van der Waals surface area (Å²) in [6.07, 6.45) is 0. The number of nitrogens with one attached hydrogen (secondary N) is 1. The van der Waals surface area contributed by atoms with Crippen LogP contribution in [0.5, 0.6) is 0 Å². The third kappa shape index (κ3) is 0.552. The van der Waals surface area contributed by atoms with E-state index in [1.54, 1.807) is 0 Å². The highest BCUT2D eigenvalue weighted by atomic mass is 14.9. The fraction of sp³-hybridized carbons (Fsp3) is 0. The van der Waals surface area contributed by atoms with Crippen molar-refractivity contribution in [2.24, 2.45) is 0 Å². The van der Waals surface area contributed by atoms with Crippen molar-refractivity contribution in [1.29, 1.82) is 0 Å². The Balaban J connectivity index is 2.57. The Hall–Kier alpha value is -1.50. The molecule has 2 heterocycles. The molecule has 2 aliphatic heterocycles. The first-order valence-electron chi connectivity index (χ1n) is 3.73. The van der Waals surface area contributed by atoms with Crippen molar-refractivity contribution < 1.29 is 0 Å². The summed E-state index contributed by atoms with van der Waals surface area (Å²) in [5.74, 6) is 0. The van der Waals surface area contributed by atoms with Crippen molar-refractivity contribution >= 4 is 11.4 Å². The number of fused-ring (bicyclic) bond motifs is 2. The molecule has 4 rings (SSSR count). The van der Waals surface area contributed by atoms with Gasteiger partial charge in [-0.15, -0.1) is 0 Å². The van der Waals surface area contributed by atoms with Gasteiger partial charge in [0.05, 0.1) is 0 Å². The van der Waals surface area contributed by atoms with Gasteiger partial charge in [0.1, 0.15) is 0 Å². The van der Waals surface area contributed by atoms with E-state index in [1.807, 2.05) is 0 Å². The third-order valence-corrected chi connectivity index (χ3v) is 2.16. The van der Waals surface area contributed by atoms with Gasteiger partial charge in [-0.2, -0.15) is 0 Å². The van der Waals surface area contributed by atoms with Crippen LogP contribution >= 0.6 is 0 Å². The molecular formula is C10H7N. The molecule has 0 aromatic rings. The highest BCUT2D eigenvalue weighted by Crippen LogP contribution is 2.38. The molecular weight excluding hydrogens is 134 g/mol. The SMILES string of the molecule is c1cc2cc3ccc(c-3c1)N2. The van der Waals surface area contributed by atoms with E-state index in [4.69, 9.17) is 0 Å². The molecule has 0 saturated heterocycles. The minimum atomic E-state index is 1.19. The maximum atomic E-state index is 3.32. The standard InChI is InChI=1S/C10H7N/c1-2-8-6-7-4-5-10(11-8)9(7)3-1/h1-6,11H. The molecule has 0 fully saturated rings. The van der Waals surface area contributed by atoms with E-state index in [0.29, 0.717) is 0 Å². The average Bonchev–Trinajstić information content (AvgIpc) is 2.35. The molecule has 1 nitrogen and oxygen atoms in total. The van der Waals surface area contributed by atoms with E-state index >= 15 is 0 Å². The molecule has 0 aromatic heterocycles. The molecule has 1 heteroatoms. The smallest absolute Gasteiger partial charge is 0.0464 e. The van der Waals surface area contributed by atoms with Gasteiger partial charge < -0.3 is 5.32 Å². The van der Waals surface area contributed by atoms with Gasteiger partial charge in [0.25, 0.3) is 0 Å². The second kappa shape index (κ2) is 1.56. The molecule has 4 aliphatic rings. The Morgan fingerprint density at radius 2 is 2.00 bits per heavy atom. The number of hydrogen-bond acceptors (Lipinski definition) is 1. The Labute approximate surface area is 65.0 Å². The van der Waals surface area contributed by atoms with Crippen LogP contribution in [0.15, 0.2) is 36.4 Å². The van der Waals surface area contributed by atoms with E-state index in [0.717, 1.165) is 0 Å². The van der Waals surface area contributed by atoms with Gasteiger partial charge in [0.2, 0.25) is 0 Å². The van der Waals surface area contributed by atoms with Gasteiger partial charge in [0.15, 0.2) is 0 Å². The second-order valence-electron chi connectivity index (χ2n) is 2.87. The summed E-state index contributed by atoms with van der Waals surface area (Å²) in [7, 11) is 0. The van der Waals surface area contributed by atoms with Crippen molar-refractivity contribution in [2.45, 2.75) is 0 Å². The minimum Gasteiger partial charge on any atom is -0.355 e. The quantitative estimate of drug-likeness (QED) is 0.507. The number of anilines is 2. The first-order chi connectivity index (χ1) is 5.43. The number of rotatable bonds is 0. The van der Waals surface area contributed by atoms with E-state index in [9.17, 15) is 0 Å². The summed E-state index contributed by atoms with van der Waals surface area (Å²) in [6.45, 7) is 0. The predicted molar refractivity (Wildman–Crippen MR) is 46.3 cm³/mol. The maximum Gasteiger partial charge on any atom is 0.0464 e. The maximum absolute atomic E-state index is 3.32. The molecule has 11 heavy (non-hydrogen) atoms. The zero-order valence-corrected chi connectivity index (χ0v) is 5.96.